The van der Waals surface area contributed by atoms with Crippen molar-refractivity contribution in [3.63, 3.8) is 0 Å². The molecule has 0 radical (unpaired) electrons. The third-order valence-corrected chi connectivity index (χ3v) is 6.30. The zero-order valence-electron chi connectivity index (χ0n) is 18.0. The van der Waals surface area contributed by atoms with E-state index in [1.165, 1.54) is 33.4 Å². The largest absolute Gasteiger partial charge is 0.209 e. The van der Waals surface area contributed by atoms with Crippen LogP contribution >= 0.6 is 0 Å². The molecule has 4 aromatic rings. The van der Waals surface area contributed by atoms with E-state index in [0.717, 1.165) is 47.9 Å². The van der Waals surface area contributed by atoms with Gasteiger partial charge in [0, 0.05) is 11.1 Å². The molecule has 3 nitrogen and oxygen atoms in total. The summed E-state index contributed by atoms with van der Waals surface area (Å²) in [6.45, 7) is 2.15. The Bertz CT molecular complexity index is 1400. The minimum Gasteiger partial charge on any atom is -0.209 e. The van der Waals surface area contributed by atoms with E-state index >= 15 is 0 Å². The van der Waals surface area contributed by atoms with Gasteiger partial charge in [-0.05, 0) is 54.0 Å². The van der Waals surface area contributed by atoms with Crippen LogP contribution in [-0.2, 0) is 6.42 Å². The Kier molecular flexibility index (Phi) is 4.53. The first-order valence-corrected chi connectivity index (χ1v) is 11.2. The average molecular weight is 414 g/mol. The summed E-state index contributed by atoms with van der Waals surface area (Å²) in [6.07, 6.45) is 9.30. The second-order valence-corrected chi connectivity index (χ2v) is 8.50. The molecule has 6 rings (SSSR count). The van der Waals surface area contributed by atoms with Crippen LogP contribution in [0.4, 0.5) is 0 Å². The number of aromatic nitrogens is 3. The van der Waals surface area contributed by atoms with Crippen molar-refractivity contribution in [2.45, 2.75) is 26.2 Å². The maximum Gasteiger partial charge on any atom is 0.164 e. The molecule has 0 atom stereocenters. The van der Waals surface area contributed by atoms with Gasteiger partial charge in [0.2, 0.25) is 0 Å². The van der Waals surface area contributed by atoms with Crippen LogP contribution in [0.5, 0.6) is 0 Å². The van der Waals surface area contributed by atoms with Crippen molar-refractivity contribution in [2.75, 3.05) is 0 Å². The van der Waals surface area contributed by atoms with Crippen molar-refractivity contribution in [1.29, 1.82) is 0 Å². The smallest absolute Gasteiger partial charge is 0.164 e. The summed E-state index contributed by atoms with van der Waals surface area (Å²) in [5.74, 6) is 2.26. The quantitative estimate of drug-likeness (QED) is 0.326. The Morgan fingerprint density at radius 1 is 0.719 bits per heavy atom. The van der Waals surface area contributed by atoms with Gasteiger partial charge >= 0.3 is 0 Å². The van der Waals surface area contributed by atoms with Crippen molar-refractivity contribution >= 4 is 5.57 Å². The summed E-state index contributed by atoms with van der Waals surface area (Å²) in [5.41, 5.74) is 9.88. The predicted octanol–water partition coefficient (Wildman–Crippen LogP) is 6.82. The lowest BCUT2D eigenvalue weighted by Gasteiger charge is -2.13. The van der Waals surface area contributed by atoms with Crippen LogP contribution in [0.15, 0.2) is 85.0 Å². The molecule has 2 aliphatic carbocycles. The molecule has 0 bridgehead atoms. The van der Waals surface area contributed by atoms with E-state index in [2.05, 4.69) is 73.7 Å². The highest BCUT2D eigenvalue weighted by Gasteiger charge is 2.24. The molecule has 1 aromatic heterocycles. The van der Waals surface area contributed by atoms with E-state index in [9.17, 15) is 0 Å². The van der Waals surface area contributed by atoms with Gasteiger partial charge in [0.15, 0.2) is 17.5 Å². The zero-order chi connectivity index (χ0) is 21.5. The Hall–Kier alpha value is -3.85. The molecule has 154 valence electrons. The van der Waals surface area contributed by atoms with E-state index in [1.807, 2.05) is 18.2 Å². The van der Waals surface area contributed by atoms with E-state index in [-0.39, 0.29) is 0 Å². The standard InChI is InChI=1S/C29H23N3/c1-19-15-16-23-22(17-19)18-26-24(23)13-8-14-25(26)29-31-27(20-9-4-2-5-10-20)30-28(32-29)21-11-6-3-7-12-21/h2-6,8-11,13-17H,7,12,18H2,1H3. The Morgan fingerprint density at radius 2 is 1.53 bits per heavy atom. The molecule has 0 saturated heterocycles. The monoisotopic (exact) mass is 413 g/mol. The molecule has 2 aliphatic rings. The highest BCUT2D eigenvalue weighted by atomic mass is 15.0. The highest BCUT2D eigenvalue weighted by Crippen LogP contribution is 2.41. The number of fused-ring (bicyclic) bond motifs is 3. The third kappa shape index (κ3) is 3.27. The van der Waals surface area contributed by atoms with Crippen molar-refractivity contribution in [3.05, 3.63) is 107 Å². The van der Waals surface area contributed by atoms with Crippen LogP contribution in [0.25, 0.3) is 39.5 Å². The first kappa shape index (κ1) is 18.9. The fraction of sp³-hybridized carbons (Fsp3) is 0.138. The maximum absolute atomic E-state index is 4.99. The van der Waals surface area contributed by atoms with Crippen molar-refractivity contribution < 1.29 is 0 Å². The SMILES string of the molecule is Cc1ccc2c(c1)Cc1c(-c3nc(C4=CC=CCC4)nc(-c4ccccc4)n3)cccc1-2. The number of rotatable bonds is 3. The van der Waals surface area contributed by atoms with Gasteiger partial charge in [0.25, 0.3) is 0 Å². The summed E-state index contributed by atoms with van der Waals surface area (Å²) in [4.78, 5) is 14.8. The molecule has 0 N–H and O–H groups in total. The fourth-order valence-corrected chi connectivity index (χ4v) is 4.71. The molecule has 3 heteroatoms. The highest BCUT2D eigenvalue weighted by molar-refractivity contribution is 5.84. The number of aryl methyl sites for hydroxylation is 1. The number of benzene rings is 3. The van der Waals surface area contributed by atoms with Gasteiger partial charge in [-0.2, -0.15) is 0 Å². The summed E-state index contributed by atoms with van der Waals surface area (Å²) in [5, 5.41) is 0. The van der Waals surface area contributed by atoms with Gasteiger partial charge in [0.05, 0.1) is 0 Å². The lowest BCUT2D eigenvalue weighted by atomic mass is 10.00. The molecule has 1 heterocycles. The Balaban J connectivity index is 1.54. The fourth-order valence-electron chi connectivity index (χ4n) is 4.71. The van der Waals surface area contributed by atoms with Crippen molar-refractivity contribution in [2.24, 2.45) is 0 Å². The molecule has 3 aromatic carbocycles. The summed E-state index contributed by atoms with van der Waals surface area (Å²) < 4.78 is 0. The van der Waals surface area contributed by atoms with E-state index in [4.69, 9.17) is 15.0 Å². The lowest BCUT2D eigenvalue weighted by Crippen LogP contribution is -2.04. The first-order valence-electron chi connectivity index (χ1n) is 11.2. The lowest BCUT2D eigenvalue weighted by molar-refractivity contribution is 0.976. The summed E-state index contributed by atoms with van der Waals surface area (Å²) >= 11 is 0. The first-order chi connectivity index (χ1) is 15.8. The minimum atomic E-state index is 0.727. The number of allylic oxidation sites excluding steroid dienone is 4. The molecule has 0 fully saturated rings. The normalized spacial score (nSPS) is 14.1. The molecule has 32 heavy (non-hydrogen) atoms. The molecular weight excluding hydrogens is 390 g/mol. The molecule has 0 unspecified atom stereocenters. The van der Waals surface area contributed by atoms with Crippen LogP contribution in [0.1, 0.15) is 35.4 Å². The van der Waals surface area contributed by atoms with E-state index in [1.54, 1.807) is 0 Å². The topological polar surface area (TPSA) is 38.7 Å². The molecule has 0 aliphatic heterocycles. The predicted molar refractivity (Wildman–Crippen MR) is 130 cm³/mol. The molecule has 0 amide bonds. The molecule has 0 saturated carbocycles. The molecule has 0 spiro atoms. The van der Waals surface area contributed by atoms with Crippen LogP contribution in [-0.4, -0.2) is 15.0 Å². The van der Waals surface area contributed by atoms with Crippen molar-refractivity contribution in [1.82, 2.24) is 15.0 Å². The van der Waals surface area contributed by atoms with Crippen LogP contribution in [0.3, 0.4) is 0 Å². The zero-order valence-corrected chi connectivity index (χ0v) is 18.0. The minimum absolute atomic E-state index is 0.727. The number of hydrogen-bond donors (Lipinski definition) is 0. The summed E-state index contributed by atoms with van der Waals surface area (Å²) in [7, 11) is 0. The van der Waals surface area contributed by atoms with Gasteiger partial charge in [-0.25, -0.2) is 15.0 Å². The number of hydrogen-bond acceptors (Lipinski definition) is 3. The van der Waals surface area contributed by atoms with Crippen LogP contribution < -0.4 is 0 Å². The second kappa shape index (κ2) is 7.69. The summed E-state index contributed by atoms with van der Waals surface area (Å²) in [6, 6.07) is 23.4. The molecular formula is C29H23N3. The number of nitrogens with zero attached hydrogens (tertiary/aromatic N) is 3. The van der Waals surface area contributed by atoms with Crippen LogP contribution in [0, 0.1) is 6.92 Å². The average Bonchev–Trinajstić information content (AvgIpc) is 3.22. The van der Waals surface area contributed by atoms with Crippen molar-refractivity contribution in [3.8, 4) is 33.9 Å². The third-order valence-electron chi connectivity index (χ3n) is 6.30. The van der Waals surface area contributed by atoms with E-state index < -0.39 is 0 Å². The van der Waals surface area contributed by atoms with Gasteiger partial charge in [-0.15, -0.1) is 0 Å². The maximum atomic E-state index is 4.99. The second-order valence-electron chi connectivity index (χ2n) is 8.50. The van der Waals surface area contributed by atoms with Gasteiger partial charge < -0.3 is 0 Å². The van der Waals surface area contributed by atoms with Gasteiger partial charge in [-0.1, -0.05) is 90.5 Å². The van der Waals surface area contributed by atoms with Gasteiger partial charge in [0.1, 0.15) is 0 Å². The van der Waals surface area contributed by atoms with E-state index in [0.29, 0.717) is 0 Å². The Labute approximate surface area is 188 Å². The van der Waals surface area contributed by atoms with Gasteiger partial charge in [-0.3, -0.25) is 0 Å². The Morgan fingerprint density at radius 3 is 2.38 bits per heavy atom. The van der Waals surface area contributed by atoms with Crippen LogP contribution in [0.2, 0.25) is 0 Å².